The van der Waals surface area contributed by atoms with E-state index in [2.05, 4.69) is 19.2 Å². The van der Waals surface area contributed by atoms with Crippen LogP contribution >= 0.6 is 0 Å². The molecule has 5 heteroatoms. The van der Waals surface area contributed by atoms with Crippen LogP contribution in [0.15, 0.2) is 42.5 Å². The molecule has 0 spiro atoms. The Morgan fingerprint density at radius 3 is 2.52 bits per heavy atom. The molecule has 0 bridgehead atoms. The van der Waals surface area contributed by atoms with Crippen LogP contribution in [0.5, 0.6) is 11.5 Å². The van der Waals surface area contributed by atoms with Crippen molar-refractivity contribution in [2.75, 3.05) is 12.4 Å². The van der Waals surface area contributed by atoms with Gasteiger partial charge in [0.2, 0.25) is 0 Å². The van der Waals surface area contributed by atoms with Gasteiger partial charge in [-0.2, -0.15) is 0 Å². The second-order valence-electron chi connectivity index (χ2n) is 7.14. The van der Waals surface area contributed by atoms with E-state index in [1.54, 1.807) is 7.11 Å². The maximum atomic E-state index is 13.2. The van der Waals surface area contributed by atoms with Gasteiger partial charge in [-0.25, -0.2) is 0 Å². The zero-order chi connectivity index (χ0) is 19.6. The summed E-state index contributed by atoms with van der Waals surface area (Å²) >= 11 is 0. The highest BCUT2D eigenvalue weighted by molar-refractivity contribution is 6.01. The number of carbonyl (C=O) groups is 1. The molecule has 0 saturated heterocycles. The van der Waals surface area contributed by atoms with Crippen molar-refractivity contribution in [2.45, 2.75) is 52.4 Å². The molecule has 27 heavy (non-hydrogen) atoms. The van der Waals surface area contributed by atoms with E-state index in [-0.39, 0.29) is 24.2 Å². The van der Waals surface area contributed by atoms with Gasteiger partial charge in [-0.15, -0.1) is 0 Å². The fraction of sp³-hybridized carbons (Fsp3) is 0.409. The molecule has 1 amide bonds. The number of hydrogen-bond donors (Lipinski definition) is 1. The minimum absolute atomic E-state index is 0.0465. The van der Waals surface area contributed by atoms with Gasteiger partial charge in [0.1, 0.15) is 6.17 Å². The third-order valence-corrected chi connectivity index (χ3v) is 4.89. The van der Waals surface area contributed by atoms with Crippen LogP contribution in [0.2, 0.25) is 0 Å². The monoisotopic (exact) mass is 368 g/mol. The van der Waals surface area contributed by atoms with E-state index in [0.717, 1.165) is 17.7 Å². The normalized spacial score (nSPS) is 17.3. The van der Waals surface area contributed by atoms with Gasteiger partial charge < -0.3 is 19.7 Å². The maximum absolute atomic E-state index is 13.2. The smallest absolute Gasteiger partial charge is 0.258 e. The van der Waals surface area contributed by atoms with Crippen LogP contribution in [0.3, 0.4) is 0 Å². The summed E-state index contributed by atoms with van der Waals surface area (Å²) in [6, 6.07) is 13.6. The summed E-state index contributed by atoms with van der Waals surface area (Å²) in [5.41, 5.74) is 2.53. The van der Waals surface area contributed by atoms with Crippen molar-refractivity contribution in [3.63, 3.8) is 0 Å². The van der Waals surface area contributed by atoms with E-state index >= 15 is 0 Å². The Bertz CT molecular complexity index is 819. The second-order valence-corrected chi connectivity index (χ2v) is 7.14. The molecule has 0 saturated carbocycles. The minimum atomic E-state index is -0.260. The van der Waals surface area contributed by atoms with Crippen molar-refractivity contribution in [2.24, 2.45) is 0 Å². The lowest BCUT2D eigenvalue weighted by atomic mass is 10.0. The van der Waals surface area contributed by atoms with E-state index in [4.69, 9.17) is 9.47 Å². The lowest BCUT2D eigenvalue weighted by molar-refractivity contribution is 0.0593. The highest BCUT2D eigenvalue weighted by atomic mass is 16.5. The van der Waals surface area contributed by atoms with E-state index in [1.165, 1.54) is 0 Å². The standard InChI is InChI=1S/C22H28N2O3/c1-6-15(4)24-21(23-18-10-8-7-9-17(18)22(24)25)16-11-12-19(27-14(2)3)20(13-16)26-5/h7-15,21,23H,6H2,1-5H3/t15-,21-/m1/s1. The lowest BCUT2D eigenvalue weighted by Crippen LogP contribution is -2.47. The molecule has 0 aliphatic carbocycles. The molecule has 1 aliphatic heterocycles. The molecule has 144 valence electrons. The van der Waals surface area contributed by atoms with Crippen molar-refractivity contribution in [3.8, 4) is 11.5 Å². The molecule has 2 aromatic rings. The van der Waals surface area contributed by atoms with Crippen molar-refractivity contribution in [1.82, 2.24) is 4.90 Å². The first kappa shape index (κ1) is 19.1. The summed E-state index contributed by atoms with van der Waals surface area (Å²) in [5, 5.41) is 3.53. The molecule has 1 aliphatic rings. The summed E-state index contributed by atoms with van der Waals surface area (Å²) in [6.07, 6.45) is 0.671. The SMILES string of the molecule is CC[C@@H](C)N1C(=O)c2ccccc2N[C@H]1c1ccc(OC(C)C)c(OC)c1. The number of ether oxygens (including phenoxy) is 2. The predicted octanol–water partition coefficient (Wildman–Crippen LogP) is 4.85. The Kier molecular flexibility index (Phi) is 5.59. The zero-order valence-corrected chi connectivity index (χ0v) is 16.7. The van der Waals surface area contributed by atoms with Crippen molar-refractivity contribution < 1.29 is 14.3 Å². The molecule has 3 rings (SSSR count). The number of nitrogens with zero attached hydrogens (tertiary/aromatic N) is 1. The van der Waals surface area contributed by atoms with Crippen LogP contribution in [0.4, 0.5) is 5.69 Å². The summed E-state index contributed by atoms with van der Waals surface area (Å²) in [6.45, 7) is 8.14. The average molecular weight is 368 g/mol. The fourth-order valence-corrected chi connectivity index (χ4v) is 3.37. The Balaban J connectivity index is 2.04. The van der Waals surface area contributed by atoms with Crippen molar-refractivity contribution in [3.05, 3.63) is 53.6 Å². The number of rotatable bonds is 6. The van der Waals surface area contributed by atoms with Gasteiger partial charge in [0.25, 0.3) is 5.91 Å². The first-order chi connectivity index (χ1) is 13.0. The summed E-state index contributed by atoms with van der Waals surface area (Å²) in [5.74, 6) is 1.41. The highest BCUT2D eigenvalue weighted by Gasteiger charge is 2.35. The minimum Gasteiger partial charge on any atom is -0.493 e. The Hall–Kier alpha value is -2.69. The van der Waals surface area contributed by atoms with E-state index in [0.29, 0.717) is 17.1 Å². The van der Waals surface area contributed by atoms with Crippen molar-refractivity contribution >= 4 is 11.6 Å². The number of amides is 1. The maximum Gasteiger partial charge on any atom is 0.258 e. The molecule has 0 fully saturated rings. The van der Waals surface area contributed by atoms with Crippen LogP contribution in [0.1, 0.15) is 56.2 Å². The molecule has 1 heterocycles. The highest BCUT2D eigenvalue weighted by Crippen LogP contribution is 2.38. The molecule has 0 unspecified atom stereocenters. The molecule has 0 aromatic heterocycles. The third-order valence-electron chi connectivity index (χ3n) is 4.89. The number of carbonyl (C=O) groups excluding carboxylic acids is 1. The molecule has 0 radical (unpaired) electrons. The average Bonchev–Trinajstić information content (AvgIpc) is 2.67. The van der Waals surface area contributed by atoms with Crippen LogP contribution in [-0.2, 0) is 0 Å². The van der Waals surface area contributed by atoms with Crippen LogP contribution < -0.4 is 14.8 Å². The first-order valence-electron chi connectivity index (χ1n) is 9.49. The topological polar surface area (TPSA) is 50.8 Å². The number of methoxy groups -OCH3 is 1. The summed E-state index contributed by atoms with van der Waals surface area (Å²) < 4.78 is 11.4. The number of nitrogens with one attached hydrogen (secondary N) is 1. The Labute approximate surface area is 161 Å². The van der Waals surface area contributed by atoms with Gasteiger partial charge in [-0.1, -0.05) is 25.1 Å². The fourth-order valence-electron chi connectivity index (χ4n) is 3.37. The van der Waals surface area contributed by atoms with E-state index in [9.17, 15) is 4.79 Å². The number of benzene rings is 2. The number of hydrogen-bond acceptors (Lipinski definition) is 4. The number of para-hydroxylation sites is 1. The Morgan fingerprint density at radius 1 is 1.11 bits per heavy atom. The second kappa shape index (κ2) is 7.91. The van der Waals surface area contributed by atoms with Gasteiger partial charge in [-0.05, 0) is 57.0 Å². The zero-order valence-electron chi connectivity index (χ0n) is 16.7. The lowest BCUT2D eigenvalue weighted by Gasteiger charge is -2.41. The van der Waals surface area contributed by atoms with E-state index in [1.807, 2.05) is 61.2 Å². The number of fused-ring (bicyclic) bond motifs is 1. The van der Waals surface area contributed by atoms with Crippen molar-refractivity contribution in [1.29, 1.82) is 0 Å². The van der Waals surface area contributed by atoms with E-state index < -0.39 is 0 Å². The third kappa shape index (κ3) is 3.72. The van der Waals surface area contributed by atoms with Crippen LogP contribution in [-0.4, -0.2) is 30.1 Å². The van der Waals surface area contributed by atoms with Crippen LogP contribution in [0, 0.1) is 0 Å². The number of anilines is 1. The molecule has 2 atom stereocenters. The quantitative estimate of drug-likeness (QED) is 0.792. The molecular formula is C22H28N2O3. The predicted molar refractivity (Wildman–Crippen MR) is 107 cm³/mol. The van der Waals surface area contributed by atoms with Gasteiger partial charge in [0.15, 0.2) is 11.5 Å². The molecule has 1 N–H and O–H groups in total. The Morgan fingerprint density at radius 2 is 1.85 bits per heavy atom. The van der Waals surface area contributed by atoms with Gasteiger partial charge in [0.05, 0.1) is 18.8 Å². The van der Waals surface area contributed by atoms with Gasteiger partial charge >= 0.3 is 0 Å². The van der Waals surface area contributed by atoms with Gasteiger partial charge in [0, 0.05) is 11.7 Å². The van der Waals surface area contributed by atoms with Crippen LogP contribution in [0.25, 0.3) is 0 Å². The molecule has 5 nitrogen and oxygen atoms in total. The molecular weight excluding hydrogens is 340 g/mol. The first-order valence-corrected chi connectivity index (χ1v) is 9.49. The molecule has 2 aromatic carbocycles. The largest absolute Gasteiger partial charge is 0.493 e. The summed E-state index contributed by atoms with van der Waals surface area (Å²) in [7, 11) is 1.63. The van der Waals surface area contributed by atoms with Gasteiger partial charge in [-0.3, -0.25) is 4.79 Å². The summed E-state index contributed by atoms with van der Waals surface area (Å²) in [4.78, 5) is 15.1.